The summed E-state index contributed by atoms with van der Waals surface area (Å²) in [5.41, 5.74) is 1.56. The summed E-state index contributed by atoms with van der Waals surface area (Å²) >= 11 is 0. The molecule has 1 rings (SSSR count). The molecule has 0 atom stereocenters. The van der Waals surface area contributed by atoms with Crippen LogP contribution in [0.3, 0.4) is 0 Å². The van der Waals surface area contributed by atoms with Crippen LogP contribution in [0, 0.1) is 12.3 Å². The Hall–Kier alpha value is -0.800. The van der Waals surface area contributed by atoms with Gasteiger partial charge in [-0.3, -0.25) is 4.90 Å². The van der Waals surface area contributed by atoms with Crippen molar-refractivity contribution in [1.29, 1.82) is 0 Å². The van der Waals surface area contributed by atoms with E-state index in [9.17, 15) is 0 Å². The standard InChI is InChI=1S/C16H30N2O/c1-12(2)17-9-15-13(3)8-14(19-15)10-18(7)11-16(4,5)6/h8,12,17H,9-11H2,1-7H3. The second-order valence-corrected chi connectivity index (χ2v) is 7.09. The zero-order valence-electron chi connectivity index (χ0n) is 13.6. The number of hydrogen-bond acceptors (Lipinski definition) is 3. The third-order valence-electron chi connectivity index (χ3n) is 2.91. The first-order valence-corrected chi connectivity index (χ1v) is 7.17. The van der Waals surface area contributed by atoms with Crippen LogP contribution < -0.4 is 5.32 Å². The van der Waals surface area contributed by atoms with Crippen LogP contribution in [-0.4, -0.2) is 24.5 Å². The average molecular weight is 266 g/mol. The Morgan fingerprint density at radius 2 is 1.95 bits per heavy atom. The fraction of sp³-hybridized carbons (Fsp3) is 0.750. The molecule has 1 heterocycles. The van der Waals surface area contributed by atoms with Gasteiger partial charge in [0, 0.05) is 12.6 Å². The highest BCUT2D eigenvalue weighted by molar-refractivity contribution is 5.20. The van der Waals surface area contributed by atoms with Crippen LogP contribution in [0.15, 0.2) is 10.5 Å². The molecule has 0 bridgehead atoms. The molecule has 1 aromatic heterocycles. The molecular formula is C16H30N2O. The molecule has 0 fully saturated rings. The number of furan rings is 1. The van der Waals surface area contributed by atoms with Gasteiger partial charge in [-0.05, 0) is 31.0 Å². The molecule has 0 aromatic carbocycles. The van der Waals surface area contributed by atoms with Crippen LogP contribution in [0.2, 0.25) is 0 Å². The molecule has 110 valence electrons. The van der Waals surface area contributed by atoms with Gasteiger partial charge in [0.25, 0.3) is 0 Å². The van der Waals surface area contributed by atoms with Crippen LogP contribution in [-0.2, 0) is 13.1 Å². The Labute approximate surface area is 118 Å². The van der Waals surface area contributed by atoms with Crippen LogP contribution in [0.4, 0.5) is 0 Å². The minimum absolute atomic E-state index is 0.318. The van der Waals surface area contributed by atoms with Crippen molar-refractivity contribution in [2.75, 3.05) is 13.6 Å². The van der Waals surface area contributed by atoms with E-state index >= 15 is 0 Å². The highest BCUT2D eigenvalue weighted by atomic mass is 16.3. The second kappa shape index (κ2) is 6.58. The van der Waals surface area contributed by atoms with Crippen molar-refractivity contribution in [3.8, 4) is 0 Å². The van der Waals surface area contributed by atoms with Gasteiger partial charge < -0.3 is 9.73 Å². The number of hydrogen-bond donors (Lipinski definition) is 1. The van der Waals surface area contributed by atoms with Crippen molar-refractivity contribution in [3.05, 3.63) is 23.2 Å². The Morgan fingerprint density at radius 1 is 1.32 bits per heavy atom. The molecule has 0 saturated carbocycles. The molecular weight excluding hydrogens is 236 g/mol. The quantitative estimate of drug-likeness (QED) is 0.853. The lowest BCUT2D eigenvalue weighted by Crippen LogP contribution is -2.28. The topological polar surface area (TPSA) is 28.4 Å². The zero-order valence-corrected chi connectivity index (χ0v) is 13.6. The maximum atomic E-state index is 5.95. The van der Waals surface area contributed by atoms with Crippen molar-refractivity contribution in [2.24, 2.45) is 5.41 Å². The molecule has 1 N–H and O–H groups in total. The summed E-state index contributed by atoms with van der Waals surface area (Å²) in [5.74, 6) is 2.12. The minimum Gasteiger partial charge on any atom is -0.463 e. The largest absolute Gasteiger partial charge is 0.463 e. The molecule has 0 spiro atoms. The Bertz CT molecular complexity index is 388. The summed E-state index contributed by atoms with van der Waals surface area (Å²) < 4.78 is 5.95. The predicted octanol–water partition coefficient (Wildman–Crippen LogP) is 3.56. The number of nitrogens with zero attached hydrogens (tertiary/aromatic N) is 1. The van der Waals surface area contributed by atoms with Crippen molar-refractivity contribution < 1.29 is 4.42 Å². The van der Waals surface area contributed by atoms with Gasteiger partial charge in [-0.2, -0.15) is 0 Å². The van der Waals surface area contributed by atoms with E-state index in [1.165, 1.54) is 5.56 Å². The summed E-state index contributed by atoms with van der Waals surface area (Å²) in [5, 5.41) is 3.40. The van der Waals surface area contributed by atoms with Gasteiger partial charge >= 0.3 is 0 Å². The number of nitrogens with one attached hydrogen (secondary N) is 1. The Morgan fingerprint density at radius 3 is 2.47 bits per heavy atom. The SMILES string of the molecule is Cc1cc(CN(C)CC(C)(C)C)oc1CNC(C)C. The lowest BCUT2D eigenvalue weighted by molar-refractivity contribution is 0.206. The van der Waals surface area contributed by atoms with Gasteiger partial charge in [0.15, 0.2) is 0 Å². The minimum atomic E-state index is 0.318. The van der Waals surface area contributed by atoms with Crippen molar-refractivity contribution in [3.63, 3.8) is 0 Å². The van der Waals surface area contributed by atoms with Crippen molar-refractivity contribution >= 4 is 0 Å². The predicted molar refractivity (Wildman–Crippen MR) is 81.2 cm³/mol. The normalized spacial score (nSPS) is 12.7. The van der Waals surface area contributed by atoms with E-state index in [0.29, 0.717) is 11.5 Å². The summed E-state index contributed by atoms with van der Waals surface area (Å²) in [6.07, 6.45) is 0. The fourth-order valence-electron chi connectivity index (χ4n) is 2.27. The van der Waals surface area contributed by atoms with Gasteiger partial charge in [-0.1, -0.05) is 34.6 Å². The third-order valence-corrected chi connectivity index (χ3v) is 2.91. The average Bonchev–Trinajstić information content (AvgIpc) is 2.52. The molecule has 1 aromatic rings. The molecule has 3 nitrogen and oxygen atoms in total. The van der Waals surface area contributed by atoms with E-state index in [1.54, 1.807) is 0 Å². The van der Waals surface area contributed by atoms with E-state index in [0.717, 1.165) is 31.2 Å². The van der Waals surface area contributed by atoms with E-state index < -0.39 is 0 Å². The van der Waals surface area contributed by atoms with Crippen molar-refractivity contribution in [1.82, 2.24) is 10.2 Å². The van der Waals surface area contributed by atoms with Crippen LogP contribution in [0.1, 0.15) is 51.7 Å². The van der Waals surface area contributed by atoms with Gasteiger partial charge in [0.2, 0.25) is 0 Å². The summed E-state index contributed by atoms with van der Waals surface area (Å²) in [6.45, 7) is 15.9. The first-order valence-electron chi connectivity index (χ1n) is 7.17. The maximum Gasteiger partial charge on any atom is 0.120 e. The molecule has 3 heteroatoms. The van der Waals surface area contributed by atoms with E-state index in [4.69, 9.17) is 4.42 Å². The first-order chi connectivity index (χ1) is 8.67. The molecule has 19 heavy (non-hydrogen) atoms. The van der Waals surface area contributed by atoms with Gasteiger partial charge in [-0.15, -0.1) is 0 Å². The smallest absolute Gasteiger partial charge is 0.120 e. The molecule has 0 aliphatic heterocycles. The summed E-state index contributed by atoms with van der Waals surface area (Å²) in [7, 11) is 2.15. The number of rotatable bonds is 6. The lowest BCUT2D eigenvalue weighted by atomic mass is 9.96. The van der Waals surface area contributed by atoms with Gasteiger partial charge in [0.05, 0.1) is 13.1 Å². The molecule has 0 amide bonds. The molecule has 0 aliphatic rings. The highest BCUT2D eigenvalue weighted by Gasteiger charge is 2.15. The zero-order chi connectivity index (χ0) is 14.6. The third kappa shape index (κ3) is 6.26. The van der Waals surface area contributed by atoms with Crippen molar-refractivity contribution in [2.45, 2.75) is 60.7 Å². The van der Waals surface area contributed by atoms with E-state index in [1.807, 2.05) is 0 Å². The van der Waals surface area contributed by atoms with E-state index in [2.05, 4.69) is 64.9 Å². The molecule has 0 radical (unpaired) electrons. The second-order valence-electron chi connectivity index (χ2n) is 7.09. The van der Waals surface area contributed by atoms with Gasteiger partial charge in [0.1, 0.15) is 11.5 Å². The van der Waals surface area contributed by atoms with Crippen LogP contribution in [0.5, 0.6) is 0 Å². The maximum absolute atomic E-state index is 5.95. The van der Waals surface area contributed by atoms with Gasteiger partial charge in [-0.25, -0.2) is 0 Å². The summed E-state index contributed by atoms with van der Waals surface area (Å²) in [4.78, 5) is 2.32. The monoisotopic (exact) mass is 266 g/mol. The summed E-state index contributed by atoms with van der Waals surface area (Å²) in [6, 6.07) is 2.65. The van der Waals surface area contributed by atoms with Crippen LogP contribution in [0.25, 0.3) is 0 Å². The molecule has 0 unspecified atom stereocenters. The van der Waals surface area contributed by atoms with Crippen LogP contribution >= 0.6 is 0 Å². The Balaban J connectivity index is 2.58. The molecule has 0 aliphatic carbocycles. The molecule has 0 saturated heterocycles. The lowest BCUT2D eigenvalue weighted by Gasteiger charge is -2.25. The fourth-order valence-corrected chi connectivity index (χ4v) is 2.27. The number of aryl methyl sites for hydroxylation is 1. The first kappa shape index (κ1) is 16.3. The Kier molecular flexibility index (Phi) is 5.63. The van der Waals surface area contributed by atoms with E-state index in [-0.39, 0.29) is 0 Å². The highest BCUT2D eigenvalue weighted by Crippen LogP contribution is 2.19.